The van der Waals surface area contributed by atoms with Gasteiger partial charge >= 0.3 is 0 Å². The van der Waals surface area contributed by atoms with Gasteiger partial charge in [0.1, 0.15) is 0 Å². The van der Waals surface area contributed by atoms with E-state index >= 15 is 0 Å². The van der Waals surface area contributed by atoms with Gasteiger partial charge in [-0.25, -0.2) is 4.98 Å². The summed E-state index contributed by atoms with van der Waals surface area (Å²) in [5.41, 5.74) is 8.69. The Balaban J connectivity index is 1.85. The zero-order valence-corrected chi connectivity index (χ0v) is 10.5. The Kier molecular flexibility index (Phi) is 3.05. The number of rotatable bonds is 3. The molecule has 1 atom stereocenters. The van der Waals surface area contributed by atoms with Crippen LogP contribution in [-0.2, 0) is 24.3 Å². The number of fused-ring (bicyclic) bond motifs is 1. The Bertz CT molecular complexity index is 591. The van der Waals surface area contributed by atoms with Gasteiger partial charge < -0.3 is 10.3 Å². The first-order chi connectivity index (χ1) is 9.24. The average Bonchev–Trinajstić information content (AvgIpc) is 2.82. The zero-order chi connectivity index (χ0) is 13.2. The lowest BCUT2D eigenvalue weighted by molar-refractivity contribution is -0.120. The summed E-state index contributed by atoms with van der Waals surface area (Å²) < 4.78 is 2.10. The van der Waals surface area contributed by atoms with E-state index in [0.29, 0.717) is 13.0 Å². The van der Waals surface area contributed by atoms with Crippen molar-refractivity contribution in [3.63, 3.8) is 0 Å². The number of nitrogens with zero attached hydrogens (tertiary/aromatic N) is 2. The highest BCUT2D eigenvalue weighted by molar-refractivity contribution is 5.80. The van der Waals surface area contributed by atoms with E-state index in [4.69, 9.17) is 5.73 Å². The molecular formula is C14H16N4O. The SMILES string of the molecule is NC(=O)C1Cc2c(ncn2Cc2ccccc2)CN1. The predicted octanol–water partition coefficient (Wildman–Crippen LogP) is 0.431. The topological polar surface area (TPSA) is 72.9 Å². The molecule has 0 saturated carbocycles. The number of hydrogen-bond donors (Lipinski definition) is 2. The quantitative estimate of drug-likeness (QED) is 0.836. The second-order valence-electron chi connectivity index (χ2n) is 4.79. The molecule has 2 aromatic rings. The first kappa shape index (κ1) is 11.9. The van der Waals surface area contributed by atoms with Crippen molar-refractivity contribution in [2.45, 2.75) is 25.6 Å². The van der Waals surface area contributed by atoms with Gasteiger partial charge in [-0.3, -0.25) is 10.1 Å². The molecule has 0 bridgehead atoms. The van der Waals surface area contributed by atoms with E-state index in [-0.39, 0.29) is 11.9 Å². The van der Waals surface area contributed by atoms with Gasteiger partial charge in [0.25, 0.3) is 0 Å². The minimum Gasteiger partial charge on any atom is -0.368 e. The number of nitrogens with one attached hydrogen (secondary N) is 1. The molecular weight excluding hydrogens is 240 g/mol. The third-order valence-electron chi connectivity index (χ3n) is 3.49. The van der Waals surface area contributed by atoms with Crippen LogP contribution in [-0.4, -0.2) is 21.5 Å². The van der Waals surface area contributed by atoms with E-state index in [2.05, 4.69) is 27.0 Å². The van der Waals surface area contributed by atoms with Gasteiger partial charge in [0.05, 0.1) is 18.1 Å². The van der Waals surface area contributed by atoms with Crippen LogP contribution >= 0.6 is 0 Å². The van der Waals surface area contributed by atoms with Gasteiger partial charge in [0.2, 0.25) is 5.91 Å². The molecule has 0 saturated heterocycles. The molecule has 0 fully saturated rings. The van der Waals surface area contributed by atoms with Gasteiger partial charge in [0, 0.05) is 25.2 Å². The lowest BCUT2D eigenvalue weighted by Gasteiger charge is -2.22. The van der Waals surface area contributed by atoms with Crippen LogP contribution in [0.15, 0.2) is 36.7 Å². The summed E-state index contributed by atoms with van der Waals surface area (Å²) in [4.78, 5) is 15.7. The molecule has 0 radical (unpaired) electrons. The number of carbonyl (C=O) groups is 1. The Morgan fingerprint density at radius 2 is 2.21 bits per heavy atom. The van der Waals surface area contributed by atoms with Crippen LogP contribution in [0.5, 0.6) is 0 Å². The van der Waals surface area contributed by atoms with Gasteiger partial charge in [-0.05, 0) is 5.56 Å². The Morgan fingerprint density at radius 3 is 2.95 bits per heavy atom. The van der Waals surface area contributed by atoms with Gasteiger partial charge in [-0.15, -0.1) is 0 Å². The lowest BCUT2D eigenvalue weighted by atomic mass is 10.0. The minimum absolute atomic E-state index is 0.293. The average molecular weight is 256 g/mol. The highest BCUT2D eigenvalue weighted by Crippen LogP contribution is 2.17. The van der Waals surface area contributed by atoms with Crippen molar-refractivity contribution in [3.8, 4) is 0 Å². The summed E-state index contributed by atoms with van der Waals surface area (Å²) in [6.07, 6.45) is 2.44. The van der Waals surface area contributed by atoms with E-state index < -0.39 is 0 Å². The molecule has 5 heteroatoms. The lowest BCUT2D eigenvalue weighted by Crippen LogP contribution is -2.45. The van der Waals surface area contributed by atoms with E-state index in [1.807, 2.05) is 24.5 Å². The van der Waals surface area contributed by atoms with Crippen LogP contribution in [0.3, 0.4) is 0 Å². The standard InChI is InChI=1S/C14H16N4O/c15-14(19)11-6-13-12(7-16-11)17-9-18(13)8-10-4-2-1-3-5-10/h1-5,9,11,16H,6-8H2,(H2,15,19). The molecule has 19 heavy (non-hydrogen) atoms. The molecule has 1 aromatic carbocycles. The first-order valence-corrected chi connectivity index (χ1v) is 6.33. The number of amides is 1. The molecule has 5 nitrogen and oxygen atoms in total. The number of carbonyl (C=O) groups excluding carboxylic acids is 1. The Hall–Kier alpha value is -2.14. The Morgan fingerprint density at radius 1 is 1.42 bits per heavy atom. The maximum absolute atomic E-state index is 11.3. The number of aromatic nitrogens is 2. The van der Waals surface area contributed by atoms with Gasteiger partial charge in [0.15, 0.2) is 0 Å². The fourth-order valence-corrected chi connectivity index (χ4v) is 2.44. The van der Waals surface area contributed by atoms with Crippen molar-refractivity contribution >= 4 is 5.91 Å². The van der Waals surface area contributed by atoms with Crippen LogP contribution in [0.25, 0.3) is 0 Å². The van der Waals surface area contributed by atoms with Crippen molar-refractivity contribution < 1.29 is 4.79 Å². The van der Waals surface area contributed by atoms with Crippen molar-refractivity contribution in [1.82, 2.24) is 14.9 Å². The summed E-state index contributed by atoms with van der Waals surface area (Å²) >= 11 is 0. The molecule has 3 rings (SSSR count). The van der Waals surface area contributed by atoms with E-state index in [1.165, 1.54) is 5.56 Å². The fraction of sp³-hybridized carbons (Fsp3) is 0.286. The number of hydrogen-bond acceptors (Lipinski definition) is 3. The second-order valence-corrected chi connectivity index (χ2v) is 4.79. The van der Waals surface area contributed by atoms with Crippen LogP contribution in [0.4, 0.5) is 0 Å². The molecule has 1 aromatic heterocycles. The number of benzene rings is 1. The number of nitrogens with two attached hydrogens (primary N) is 1. The monoisotopic (exact) mass is 256 g/mol. The highest BCUT2D eigenvalue weighted by atomic mass is 16.1. The zero-order valence-electron chi connectivity index (χ0n) is 10.5. The third kappa shape index (κ3) is 2.37. The third-order valence-corrected chi connectivity index (χ3v) is 3.49. The van der Waals surface area contributed by atoms with Crippen molar-refractivity contribution in [3.05, 3.63) is 53.6 Å². The first-order valence-electron chi connectivity index (χ1n) is 6.33. The molecule has 1 aliphatic heterocycles. The summed E-state index contributed by atoms with van der Waals surface area (Å²) in [5.74, 6) is -0.307. The summed E-state index contributed by atoms with van der Waals surface area (Å²) in [6.45, 7) is 1.37. The molecule has 1 amide bonds. The summed E-state index contributed by atoms with van der Waals surface area (Å²) in [6, 6.07) is 9.91. The fourth-order valence-electron chi connectivity index (χ4n) is 2.44. The van der Waals surface area contributed by atoms with Crippen LogP contribution in [0.2, 0.25) is 0 Å². The summed E-state index contributed by atoms with van der Waals surface area (Å²) in [5, 5.41) is 3.10. The molecule has 98 valence electrons. The molecule has 1 unspecified atom stereocenters. The largest absolute Gasteiger partial charge is 0.368 e. The minimum atomic E-state index is -0.307. The molecule has 0 aliphatic carbocycles. The van der Waals surface area contributed by atoms with Gasteiger partial charge in [-0.1, -0.05) is 30.3 Å². The second kappa shape index (κ2) is 4.85. The number of imidazole rings is 1. The molecule has 2 heterocycles. The van der Waals surface area contributed by atoms with Crippen LogP contribution in [0.1, 0.15) is 17.0 Å². The molecule has 0 spiro atoms. The van der Waals surface area contributed by atoms with Crippen molar-refractivity contribution in [2.75, 3.05) is 0 Å². The van der Waals surface area contributed by atoms with Crippen LogP contribution in [0, 0.1) is 0 Å². The summed E-state index contributed by atoms with van der Waals surface area (Å²) in [7, 11) is 0. The normalized spacial score (nSPS) is 18.0. The van der Waals surface area contributed by atoms with E-state index in [0.717, 1.165) is 17.9 Å². The van der Waals surface area contributed by atoms with E-state index in [9.17, 15) is 4.79 Å². The molecule has 3 N–H and O–H groups in total. The smallest absolute Gasteiger partial charge is 0.234 e. The van der Waals surface area contributed by atoms with Gasteiger partial charge in [-0.2, -0.15) is 0 Å². The van der Waals surface area contributed by atoms with Crippen molar-refractivity contribution in [2.24, 2.45) is 5.73 Å². The predicted molar refractivity (Wildman–Crippen MR) is 71.3 cm³/mol. The maximum Gasteiger partial charge on any atom is 0.234 e. The van der Waals surface area contributed by atoms with Crippen LogP contribution < -0.4 is 11.1 Å². The maximum atomic E-state index is 11.3. The highest BCUT2D eigenvalue weighted by Gasteiger charge is 2.25. The van der Waals surface area contributed by atoms with Crippen molar-refractivity contribution in [1.29, 1.82) is 0 Å². The molecule has 1 aliphatic rings. The Labute approximate surface area is 111 Å². The van der Waals surface area contributed by atoms with E-state index in [1.54, 1.807) is 0 Å². The number of primary amides is 1.